The van der Waals surface area contributed by atoms with Gasteiger partial charge in [-0.2, -0.15) is 5.10 Å². The Morgan fingerprint density at radius 3 is 2.14 bits per heavy atom. The molecule has 1 aromatic heterocycles. The molecule has 2 aromatic carbocycles. The van der Waals surface area contributed by atoms with Gasteiger partial charge in [0.25, 0.3) is 17.4 Å². The monoisotopic (exact) mass is 386 g/mol. The maximum absolute atomic E-state index is 13.2. The molecule has 144 valence electrons. The summed E-state index contributed by atoms with van der Waals surface area (Å²) in [6.45, 7) is 3.48. The van der Waals surface area contributed by atoms with Crippen molar-refractivity contribution in [3.8, 4) is 0 Å². The SMILES string of the molecule is CC(C)n1nc(C(=O)NNC(=O)c2cc(F)cc(F)c2)c2ccccc2c1=O. The number of nitrogens with zero attached hydrogens (tertiary/aromatic N) is 2. The summed E-state index contributed by atoms with van der Waals surface area (Å²) in [5.74, 6) is -3.54. The molecule has 0 aliphatic carbocycles. The fraction of sp³-hybridized carbons (Fsp3) is 0.158. The van der Waals surface area contributed by atoms with Crippen LogP contribution >= 0.6 is 0 Å². The van der Waals surface area contributed by atoms with Crippen LogP contribution in [-0.4, -0.2) is 21.6 Å². The van der Waals surface area contributed by atoms with Crippen LogP contribution < -0.4 is 16.4 Å². The normalized spacial score (nSPS) is 10.9. The van der Waals surface area contributed by atoms with Crippen LogP contribution in [0.25, 0.3) is 10.8 Å². The number of carbonyl (C=O) groups is 2. The standard InChI is InChI=1S/C19H16F2N4O3/c1-10(2)25-19(28)15-6-4-3-5-14(15)16(24-25)18(27)23-22-17(26)11-7-12(20)9-13(21)8-11/h3-10H,1-2H3,(H,22,26)(H,23,27). The Morgan fingerprint density at radius 1 is 0.964 bits per heavy atom. The topological polar surface area (TPSA) is 93.1 Å². The van der Waals surface area contributed by atoms with E-state index in [-0.39, 0.29) is 22.9 Å². The molecule has 7 nitrogen and oxygen atoms in total. The summed E-state index contributed by atoms with van der Waals surface area (Å²) < 4.78 is 27.6. The molecule has 2 amide bonds. The van der Waals surface area contributed by atoms with Crippen LogP contribution in [0.3, 0.4) is 0 Å². The van der Waals surface area contributed by atoms with Gasteiger partial charge in [0.1, 0.15) is 11.6 Å². The highest BCUT2D eigenvalue weighted by atomic mass is 19.1. The van der Waals surface area contributed by atoms with E-state index >= 15 is 0 Å². The number of amides is 2. The van der Waals surface area contributed by atoms with E-state index in [1.54, 1.807) is 38.1 Å². The van der Waals surface area contributed by atoms with Crippen molar-refractivity contribution in [2.45, 2.75) is 19.9 Å². The fourth-order valence-corrected chi connectivity index (χ4v) is 2.65. The second-order valence-electron chi connectivity index (χ2n) is 6.30. The first-order valence-corrected chi connectivity index (χ1v) is 8.36. The van der Waals surface area contributed by atoms with Gasteiger partial charge in [0.15, 0.2) is 5.69 Å². The molecular formula is C19H16F2N4O3. The third-order valence-electron chi connectivity index (χ3n) is 3.95. The van der Waals surface area contributed by atoms with Gasteiger partial charge in [-0.1, -0.05) is 18.2 Å². The number of fused-ring (bicyclic) bond motifs is 1. The van der Waals surface area contributed by atoms with Crippen molar-refractivity contribution in [2.24, 2.45) is 0 Å². The number of hydrazine groups is 1. The van der Waals surface area contributed by atoms with Crippen molar-refractivity contribution in [1.82, 2.24) is 20.6 Å². The molecular weight excluding hydrogens is 370 g/mol. The zero-order chi connectivity index (χ0) is 20.4. The second-order valence-corrected chi connectivity index (χ2v) is 6.30. The molecule has 9 heteroatoms. The number of rotatable bonds is 3. The first-order chi connectivity index (χ1) is 13.3. The molecule has 0 aliphatic heterocycles. The lowest BCUT2D eigenvalue weighted by Crippen LogP contribution is -2.43. The van der Waals surface area contributed by atoms with Gasteiger partial charge in [-0.15, -0.1) is 0 Å². The minimum absolute atomic E-state index is 0.0744. The van der Waals surface area contributed by atoms with E-state index in [0.717, 1.165) is 12.1 Å². The van der Waals surface area contributed by atoms with Gasteiger partial charge < -0.3 is 0 Å². The van der Waals surface area contributed by atoms with E-state index < -0.39 is 23.4 Å². The third-order valence-corrected chi connectivity index (χ3v) is 3.95. The minimum atomic E-state index is -0.923. The largest absolute Gasteiger partial charge is 0.290 e. The summed E-state index contributed by atoms with van der Waals surface area (Å²) in [7, 11) is 0. The van der Waals surface area contributed by atoms with Gasteiger partial charge in [-0.05, 0) is 32.0 Å². The average molecular weight is 386 g/mol. The van der Waals surface area contributed by atoms with E-state index in [9.17, 15) is 23.2 Å². The van der Waals surface area contributed by atoms with Gasteiger partial charge in [0.2, 0.25) is 0 Å². The molecule has 0 bridgehead atoms. The highest BCUT2D eigenvalue weighted by Gasteiger charge is 2.18. The molecule has 0 aliphatic rings. The molecule has 0 atom stereocenters. The lowest BCUT2D eigenvalue weighted by molar-refractivity contribution is 0.0843. The molecule has 0 saturated heterocycles. The first kappa shape index (κ1) is 19.2. The van der Waals surface area contributed by atoms with E-state index in [0.29, 0.717) is 16.8 Å². The molecule has 0 unspecified atom stereocenters. The van der Waals surface area contributed by atoms with E-state index in [2.05, 4.69) is 16.0 Å². The predicted molar refractivity (Wildman–Crippen MR) is 97.7 cm³/mol. The van der Waals surface area contributed by atoms with Crippen molar-refractivity contribution in [2.75, 3.05) is 0 Å². The molecule has 3 rings (SSSR count). The molecule has 28 heavy (non-hydrogen) atoms. The van der Waals surface area contributed by atoms with Crippen LogP contribution in [0.5, 0.6) is 0 Å². The Hall–Kier alpha value is -3.62. The van der Waals surface area contributed by atoms with E-state index in [4.69, 9.17) is 0 Å². The van der Waals surface area contributed by atoms with Crippen LogP contribution in [0.1, 0.15) is 40.7 Å². The van der Waals surface area contributed by atoms with Gasteiger partial charge >= 0.3 is 0 Å². The van der Waals surface area contributed by atoms with Gasteiger partial charge in [0, 0.05) is 17.0 Å². The van der Waals surface area contributed by atoms with E-state index in [1.165, 1.54) is 4.68 Å². The van der Waals surface area contributed by atoms with E-state index in [1.807, 2.05) is 0 Å². The zero-order valence-corrected chi connectivity index (χ0v) is 15.0. The quantitative estimate of drug-likeness (QED) is 0.676. The lowest BCUT2D eigenvalue weighted by atomic mass is 10.1. The van der Waals surface area contributed by atoms with Crippen molar-refractivity contribution in [3.63, 3.8) is 0 Å². The molecule has 0 spiro atoms. The summed E-state index contributed by atoms with van der Waals surface area (Å²) in [6, 6.07) is 8.43. The van der Waals surface area contributed by atoms with Crippen LogP contribution in [0.15, 0.2) is 47.3 Å². The van der Waals surface area contributed by atoms with Crippen molar-refractivity contribution < 1.29 is 18.4 Å². The number of hydrogen-bond donors (Lipinski definition) is 2. The third kappa shape index (κ3) is 3.73. The summed E-state index contributed by atoms with van der Waals surface area (Å²) >= 11 is 0. The van der Waals surface area contributed by atoms with Gasteiger partial charge in [-0.25, -0.2) is 13.5 Å². The first-order valence-electron chi connectivity index (χ1n) is 8.36. The van der Waals surface area contributed by atoms with Crippen LogP contribution in [-0.2, 0) is 0 Å². The molecule has 2 N–H and O–H groups in total. The molecule has 0 saturated carbocycles. The average Bonchev–Trinajstić information content (AvgIpc) is 2.65. The summed E-state index contributed by atoms with van der Waals surface area (Å²) in [5, 5.41) is 4.71. The highest BCUT2D eigenvalue weighted by Crippen LogP contribution is 2.14. The Morgan fingerprint density at radius 2 is 1.54 bits per heavy atom. The summed E-state index contributed by atoms with van der Waals surface area (Å²) in [4.78, 5) is 37.1. The zero-order valence-electron chi connectivity index (χ0n) is 15.0. The van der Waals surface area contributed by atoms with Gasteiger partial charge in [-0.3, -0.25) is 25.2 Å². The molecule has 0 radical (unpaired) electrons. The van der Waals surface area contributed by atoms with Crippen LogP contribution in [0.4, 0.5) is 8.78 Å². The van der Waals surface area contributed by atoms with Crippen LogP contribution in [0.2, 0.25) is 0 Å². The number of carbonyl (C=O) groups excluding carboxylic acids is 2. The lowest BCUT2D eigenvalue weighted by Gasteiger charge is -2.13. The molecule has 3 aromatic rings. The predicted octanol–water partition coefficient (Wildman–Crippen LogP) is 2.33. The summed E-state index contributed by atoms with van der Waals surface area (Å²) in [5.41, 5.74) is 3.51. The second kappa shape index (κ2) is 7.55. The Kier molecular flexibility index (Phi) is 5.16. The molecule has 1 heterocycles. The number of hydrogen-bond acceptors (Lipinski definition) is 4. The smallest absolute Gasteiger partial charge is 0.267 e. The number of benzene rings is 2. The Labute approximate surface area is 157 Å². The number of aromatic nitrogens is 2. The Balaban J connectivity index is 1.90. The van der Waals surface area contributed by atoms with Gasteiger partial charge in [0.05, 0.1) is 11.4 Å². The summed E-state index contributed by atoms with van der Waals surface area (Å²) in [6.07, 6.45) is 0. The van der Waals surface area contributed by atoms with Crippen molar-refractivity contribution in [3.05, 3.63) is 75.7 Å². The maximum atomic E-state index is 13.2. The Bertz CT molecular complexity index is 1120. The number of nitrogens with one attached hydrogen (secondary N) is 2. The maximum Gasteiger partial charge on any atom is 0.290 e. The minimum Gasteiger partial charge on any atom is -0.267 e. The van der Waals surface area contributed by atoms with Crippen molar-refractivity contribution >= 4 is 22.6 Å². The van der Waals surface area contributed by atoms with Crippen LogP contribution in [0, 0.1) is 11.6 Å². The fourth-order valence-electron chi connectivity index (χ4n) is 2.65. The number of halogens is 2. The highest BCUT2D eigenvalue weighted by molar-refractivity contribution is 6.06. The molecule has 0 fully saturated rings. The van der Waals surface area contributed by atoms with Crippen molar-refractivity contribution in [1.29, 1.82) is 0 Å².